The number of aryl methyl sites for hydroxylation is 9. The van der Waals surface area contributed by atoms with Gasteiger partial charge >= 0.3 is 0 Å². The number of rotatable bonds is 6. The van der Waals surface area contributed by atoms with Crippen molar-refractivity contribution in [1.82, 2.24) is 88.0 Å². The van der Waals surface area contributed by atoms with E-state index < -0.39 is 0 Å². The maximum Gasteiger partial charge on any atom is 0.236 e. The molecular formula is C82H140Cl2N18O2. The Kier molecular flexibility index (Phi) is 32.1. The molecule has 2 fully saturated rings. The van der Waals surface area contributed by atoms with Crippen LogP contribution in [0.25, 0.3) is 0 Å². The third kappa shape index (κ3) is 29.8. The SMILES string of the molecule is CC(C)(C)c1cn(C2CC2)nc1Cl.CCc1nn(C)cc1C(C)(C)C.CCn1cc(C(C)(C)C)cn1.COc1nn(C)cc1C(C)(C)C.COc1nn(C2CC2)cc1C(C)(C)C.Cc1nn(C)cc1C(C)(C)C.Cn1cc(C(C)(C)C)c(Cl)n1.Cn1cc(C(C)(C)C)cn1.Cn1ccc(C(C)(C)C)n1. The van der Waals surface area contributed by atoms with E-state index in [9.17, 15) is 0 Å². The second kappa shape index (κ2) is 36.6. The Bertz CT molecular complexity index is 3840. The van der Waals surface area contributed by atoms with Gasteiger partial charge in [-0.2, -0.15) is 35.7 Å². The summed E-state index contributed by atoms with van der Waals surface area (Å²) < 4.78 is 27.4. The van der Waals surface area contributed by atoms with Crippen molar-refractivity contribution in [3.05, 3.63) is 146 Å². The lowest BCUT2D eigenvalue weighted by Gasteiger charge is -2.17. The van der Waals surface area contributed by atoms with Crippen LogP contribution in [0, 0.1) is 6.92 Å². The van der Waals surface area contributed by atoms with Crippen molar-refractivity contribution in [3.8, 4) is 11.8 Å². The second-order valence-corrected chi connectivity index (χ2v) is 37.7. The van der Waals surface area contributed by atoms with Crippen LogP contribution in [0.2, 0.25) is 10.3 Å². The van der Waals surface area contributed by atoms with Crippen LogP contribution in [0.15, 0.2) is 74.2 Å². The van der Waals surface area contributed by atoms with Gasteiger partial charge < -0.3 is 9.47 Å². The average molecular weight is 1480 g/mol. The third-order valence-corrected chi connectivity index (χ3v) is 17.7. The highest BCUT2D eigenvalue weighted by Gasteiger charge is 2.31. The zero-order valence-electron chi connectivity index (χ0n) is 71.9. The standard InChI is InChI=1S/C11H18N2O.C10H15ClN2.C10H18N2.C9H16N2O.2C9H16N2.C8H13ClN2.2C8H14N2/c1-11(2,3)9-7-13(8-5-6-8)12-10(9)14-4;1-10(2,3)8-6-13(7-4-5-7)12-9(8)11;1-6-9-8(10(2,3)4)7-12(5)11-9;1-9(2,3)7-6-11(4)10-8(7)12-5;1-7-8(9(2,3)4)6-11(5)10-7;1-5-11-7-8(6-10-11)9(2,3)4;1-8(2,3)6-5-11(4)10-7(6)9;1-8(2,3)7-5-9-10(4)6-7;1-8(2,3)7-5-6-10(4)9-7/h7-8H,5-6H2,1-4H3;6-7H,4-5H2,1-3H3;7H,6H2,1-5H3;6H,1-5H3;6H,1-5H3;6-7H,5H2,1-4H3;5H,1-4H3;2*5-6H,1-4H3. The number of nitrogens with zero attached hydrogens (tertiary/aromatic N) is 18. The number of halogens is 2. The molecule has 0 N–H and O–H groups in total. The van der Waals surface area contributed by atoms with Gasteiger partial charge in [-0.3, -0.25) is 42.1 Å². The Balaban J connectivity index is 0.000000304. The van der Waals surface area contributed by atoms with Gasteiger partial charge in [0.2, 0.25) is 11.8 Å². The van der Waals surface area contributed by atoms with Crippen molar-refractivity contribution in [3.63, 3.8) is 0 Å². The lowest BCUT2D eigenvalue weighted by atomic mass is 9.87. The Morgan fingerprint density at radius 3 is 1.02 bits per heavy atom. The molecule has 0 saturated heterocycles. The number of hydrogen-bond acceptors (Lipinski definition) is 11. The summed E-state index contributed by atoms with van der Waals surface area (Å²) in [5.41, 5.74) is 14.9. The first kappa shape index (κ1) is 91.3. The number of aromatic nitrogens is 18. The predicted molar refractivity (Wildman–Crippen MR) is 434 cm³/mol. The minimum Gasteiger partial charge on any atom is -0.480 e. The number of ether oxygens (including phenoxy) is 2. The minimum absolute atomic E-state index is 0.0886. The largest absolute Gasteiger partial charge is 0.480 e. The average Bonchev–Trinajstić information content (AvgIpc) is 1.66. The maximum atomic E-state index is 6.07. The quantitative estimate of drug-likeness (QED) is 0.155. The summed E-state index contributed by atoms with van der Waals surface area (Å²) in [4.78, 5) is 0. The van der Waals surface area contributed by atoms with Crippen LogP contribution in [-0.2, 0) is 104 Å². The number of hydrogen-bond donors (Lipinski definition) is 0. The summed E-state index contributed by atoms with van der Waals surface area (Å²) in [6.45, 7) is 66.0. The Hall–Kier alpha value is -6.93. The van der Waals surface area contributed by atoms with Crippen molar-refractivity contribution in [2.45, 2.75) is 307 Å². The molecule has 22 heteroatoms. The molecule has 0 unspecified atom stereocenters. The summed E-state index contributed by atoms with van der Waals surface area (Å²) in [6.07, 6.45) is 28.5. The van der Waals surface area contributed by atoms with E-state index in [0.29, 0.717) is 22.4 Å². The molecule has 0 radical (unpaired) electrons. The molecule has 2 aliphatic rings. The highest BCUT2D eigenvalue weighted by Crippen LogP contribution is 2.40. The van der Waals surface area contributed by atoms with E-state index in [1.165, 1.54) is 59.2 Å². The van der Waals surface area contributed by atoms with E-state index in [1.54, 1.807) is 23.6 Å². The van der Waals surface area contributed by atoms with Gasteiger partial charge in [-0.15, -0.1) is 10.2 Å². The molecule has 2 aliphatic carbocycles. The molecule has 9 heterocycles. The fraction of sp³-hybridized carbons (Fsp3) is 0.671. The lowest BCUT2D eigenvalue weighted by molar-refractivity contribution is 0.376. The molecule has 11 rings (SSSR count). The van der Waals surface area contributed by atoms with Crippen LogP contribution < -0.4 is 9.47 Å². The molecule has 104 heavy (non-hydrogen) atoms. The predicted octanol–water partition coefficient (Wildman–Crippen LogP) is 19.7. The van der Waals surface area contributed by atoms with Gasteiger partial charge in [0.25, 0.3) is 0 Å². The van der Waals surface area contributed by atoms with Gasteiger partial charge in [0.1, 0.15) is 0 Å². The van der Waals surface area contributed by atoms with Crippen LogP contribution in [0.4, 0.5) is 0 Å². The van der Waals surface area contributed by atoms with E-state index in [4.69, 9.17) is 32.7 Å². The fourth-order valence-electron chi connectivity index (χ4n) is 10.4. The van der Waals surface area contributed by atoms with Gasteiger partial charge in [0.15, 0.2) is 10.3 Å². The van der Waals surface area contributed by atoms with Crippen molar-refractivity contribution in [2.24, 2.45) is 42.3 Å². The Morgan fingerprint density at radius 1 is 0.375 bits per heavy atom. The van der Waals surface area contributed by atoms with Crippen LogP contribution >= 0.6 is 23.2 Å². The maximum absolute atomic E-state index is 6.07. The van der Waals surface area contributed by atoms with Gasteiger partial charge in [-0.1, -0.05) is 217 Å². The third-order valence-electron chi connectivity index (χ3n) is 17.2. The number of methoxy groups -OCH3 is 2. The van der Waals surface area contributed by atoms with E-state index in [2.05, 4.69) is 302 Å². The summed E-state index contributed by atoms with van der Waals surface area (Å²) in [7, 11) is 14.9. The molecule has 20 nitrogen and oxygen atoms in total. The summed E-state index contributed by atoms with van der Waals surface area (Å²) in [5, 5.41) is 39.6. The van der Waals surface area contributed by atoms with Gasteiger partial charge in [0, 0.05) is 132 Å². The molecule has 0 amide bonds. The molecular weight excluding hydrogens is 1340 g/mol. The Labute approximate surface area is 638 Å². The second-order valence-electron chi connectivity index (χ2n) is 37.0. The first-order valence-electron chi connectivity index (χ1n) is 37.0. The van der Waals surface area contributed by atoms with E-state index >= 15 is 0 Å². The van der Waals surface area contributed by atoms with Crippen molar-refractivity contribution < 1.29 is 9.47 Å². The van der Waals surface area contributed by atoms with Crippen LogP contribution in [0.5, 0.6) is 11.8 Å². The monoisotopic (exact) mass is 1480 g/mol. The summed E-state index contributed by atoms with van der Waals surface area (Å²) in [6, 6.07) is 3.30. The highest BCUT2D eigenvalue weighted by atomic mass is 35.5. The normalized spacial score (nSPS) is 13.4. The highest BCUT2D eigenvalue weighted by molar-refractivity contribution is 6.30. The zero-order valence-corrected chi connectivity index (χ0v) is 73.5. The molecule has 0 bridgehead atoms. The lowest BCUT2D eigenvalue weighted by Crippen LogP contribution is -2.12. The fourth-order valence-corrected chi connectivity index (χ4v) is 11.2. The molecule has 584 valence electrons. The van der Waals surface area contributed by atoms with Crippen LogP contribution in [0.3, 0.4) is 0 Å². The smallest absolute Gasteiger partial charge is 0.236 e. The molecule has 9 aromatic heterocycles. The van der Waals surface area contributed by atoms with Gasteiger partial charge in [-0.05, 0) is 118 Å². The molecule has 0 aliphatic heterocycles. The van der Waals surface area contributed by atoms with Crippen molar-refractivity contribution in [1.29, 1.82) is 0 Å². The molecule has 2 saturated carbocycles. The first-order chi connectivity index (χ1) is 47.3. The molecule has 9 aromatic rings. The van der Waals surface area contributed by atoms with E-state index in [0.717, 1.165) is 52.8 Å². The van der Waals surface area contributed by atoms with E-state index in [1.807, 2.05) is 101 Å². The zero-order chi connectivity index (χ0) is 80.0. The van der Waals surface area contributed by atoms with Crippen LogP contribution in [0.1, 0.15) is 300 Å². The molecule has 0 spiro atoms. The topological polar surface area (TPSA) is 179 Å². The molecule has 0 aromatic carbocycles. The van der Waals surface area contributed by atoms with Crippen molar-refractivity contribution in [2.75, 3.05) is 14.2 Å². The summed E-state index contributed by atoms with van der Waals surface area (Å²) >= 11 is 12.0. The van der Waals surface area contributed by atoms with Crippen molar-refractivity contribution >= 4 is 23.2 Å². The van der Waals surface area contributed by atoms with Gasteiger partial charge in [-0.25, -0.2) is 0 Å². The van der Waals surface area contributed by atoms with Gasteiger partial charge in [0.05, 0.1) is 55.8 Å². The Morgan fingerprint density at radius 2 is 0.750 bits per heavy atom. The summed E-state index contributed by atoms with van der Waals surface area (Å²) in [5.74, 6) is 1.51. The first-order valence-corrected chi connectivity index (χ1v) is 37.7. The van der Waals surface area contributed by atoms with E-state index in [-0.39, 0.29) is 48.7 Å². The minimum atomic E-state index is 0.0886. The van der Waals surface area contributed by atoms with Crippen LogP contribution in [-0.4, -0.2) is 102 Å². The molecule has 0 atom stereocenters.